The third kappa shape index (κ3) is 6.83. The van der Waals surface area contributed by atoms with Crippen molar-refractivity contribution in [1.82, 2.24) is 4.57 Å². The van der Waals surface area contributed by atoms with Crippen LogP contribution >= 0.6 is 22.9 Å². The molecule has 1 aliphatic rings. The van der Waals surface area contributed by atoms with Gasteiger partial charge in [-0.05, 0) is 75.2 Å². The topological polar surface area (TPSA) is 97.6 Å². The number of hydrogen-bond donors (Lipinski definition) is 0. The molecular formula is C35H35ClN2O7S. The molecule has 9 nitrogen and oxygen atoms in total. The van der Waals surface area contributed by atoms with E-state index in [1.165, 1.54) is 11.3 Å². The van der Waals surface area contributed by atoms with Crippen molar-refractivity contribution in [2.45, 2.75) is 40.3 Å². The second kappa shape index (κ2) is 14.7. The van der Waals surface area contributed by atoms with E-state index >= 15 is 0 Å². The maximum absolute atomic E-state index is 14.1. The van der Waals surface area contributed by atoms with E-state index in [1.807, 2.05) is 50.2 Å². The lowest BCUT2D eigenvalue weighted by Gasteiger charge is -2.25. The number of rotatable bonds is 12. The van der Waals surface area contributed by atoms with Gasteiger partial charge >= 0.3 is 5.97 Å². The number of methoxy groups -OCH3 is 1. The zero-order valence-corrected chi connectivity index (χ0v) is 27.9. The lowest BCUT2D eigenvalue weighted by atomic mass is 9.95. The molecule has 0 saturated carbocycles. The van der Waals surface area contributed by atoms with Crippen molar-refractivity contribution in [1.29, 1.82) is 0 Å². The van der Waals surface area contributed by atoms with Crippen LogP contribution in [-0.4, -0.2) is 37.5 Å². The number of thiazole rings is 1. The SMILES string of the molecule is CCOC(=O)C1=C(C)N=c2s/c(=C\c3ccc(OCc4ccccc4Cl)c(OC)c3)c(=O)n2[C@@H]1c1ccc(OCC)c(OCC)c1. The van der Waals surface area contributed by atoms with Crippen molar-refractivity contribution in [2.75, 3.05) is 26.9 Å². The normalized spacial score (nSPS) is 14.4. The van der Waals surface area contributed by atoms with Gasteiger partial charge in [0, 0.05) is 10.6 Å². The Morgan fingerprint density at radius 1 is 0.935 bits per heavy atom. The number of carbonyl (C=O) groups excluding carboxylic acids is 1. The second-order valence-electron chi connectivity index (χ2n) is 10.2. The van der Waals surface area contributed by atoms with Crippen LogP contribution in [0.1, 0.15) is 50.4 Å². The first-order valence-corrected chi connectivity index (χ1v) is 16.1. The third-order valence-electron chi connectivity index (χ3n) is 7.23. The molecule has 2 heterocycles. The van der Waals surface area contributed by atoms with Crippen LogP contribution < -0.4 is 33.8 Å². The Bertz CT molecular complexity index is 1960. The molecule has 240 valence electrons. The summed E-state index contributed by atoms with van der Waals surface area (Å²) in [6.45, 7) is 8.59. The van der Waals surface area contributed by atoms with Crippen LogP contribution in [0.4, 0.5) is 0 Å². The fourth-order valence-electron chi connectivity index (χ4n) is 5.16. The number of esters is 1. The molecule has 1 aromatic heterocycles. The standard InChI is InChI=1S/C35H35ClN2O7S/c1-6-42-27-16-14-23(19-29(27)43-7-2)32-31(34(40)44-8-3)21(4)37-35-38(32)33(39)30(46-35)18-22-13-15-26(28(17-22)41-5)45-20-24-11-9-10-12-25(24)36/h9-19,32H,6-8,20H2,1-5H3/b30-18-/t32-/m1/s1. The summed E-state index contributed by atoms with van der Waals surface area (Å²) < 4.78 is 30.6. The van der Waals surface area contributed by atoms with Gasteiger partial charge in [0.05, 0.1) is 48.8 Å². The summed E-state index contributed by atoms with van der Waals surface area (Å²) in [6, 6.07) is 17.5. The van der Waals surface area contributed by atoms with E-state index in [9.17, 15) is 9.59 Å². The first kappa shape index (κ1) is 32.8. The average Bonchev–Trinajstić information content (AvgIpc) is 3.35. The van der Waals surface area contributed by atoms with Gasteiger partial charge in [-0.2, -0.15) is 0 Å². The van der Waals surface area contributed by atoms with E-state index in [0.29, 0.717) is 61.8 Å². The van der Waals surface area contributed by atoms with Crippen LogP contribution in [0.3, 0.4) is 0 Å². The van der Waals surface area contributed by atoms with Crippen molar-refractivity contribution in [2.24, 2.45) is 4.99 Å². The Morgan fingerprint density at radius 2 is 1.65 bits per heavy atom. The van der Waals surface area contributed by atoms with Crippen LogP contribution in [0, 0.1) is 0 Å². The predicted octanol–water partition coefficient (Wildman–Crippen LogP) is 5.84. The van der Waals surface area contributed by atoms with Crippen molar-refractivity contribution in [3.63, 3.8) is 0 Å². The molecule has 46 heavy (non-hydrogen) atoms. The van der Waals surface area contributed by atoms with E-state index in [1.54, 1.807) is 55.9 Å². The van der Waals surface area contributed by atoms with E-state index in [0.717, 1.165) is 11.1 Å². The van der Waals surface area contributed by atoms with Crippen molar-refractivity contribution in [3.8, 4) is 23.0 Å². The van der Waals surface area contributed by atoms with E-state index in [-0.39, 0.29) is 24.3 Å². The summed E-state index contributed by atoms with van der Waals surface area (Å²) >= 11 is 7.52. The maximum Gasteiger partial charge on any atom is 0.338 e. The zero-order chi connectivity index (χ0) is 32.8. The number of allylic oxidation sites excluding steroid dienone is 1. The number of hydrogen-bond acceptors (Lipinski definition) is 9. The number of nitrogens with zero attached hydrogens (tertiary/aromatic N) is 2. The van der Waals surface area contributed by atoms with Gasteiger partial charge in [0.2, 0.25) is 0 Å². The van der Waals surface area contributed by atoms with Gasteiger partial charge in [0.15, 0.2) is 27.8 Å². The predicted molar refractivity (Wildman–Crippen MR) is 178 cm³/mol. The summed E-state index contributed by atoms with van der Waals surface area (Å²) in [5.41, 5.74) is 2.71. The molecule has 0 amide bonds. The minimum atomic E-state index is -0.789. The number of benzene rings is 3. The molecule has 0 unspecified atom stereocenters. The van der Waals surface area contributed by atoms with Gasteiger partial charge in [-0.3, -0.25) is 9.36 Å². The van der Waals surface area contributed by atoms with Gasteiger partial charge in [-0.15, -0.1) is 0 Å². The number of carbonyl (C=O) groups is 1. The lowest BCUT2D eigenvalue weighted by molar-refractivity contribution is -0.139. The van der Waals surface area contributed by atoms with Crippen LogP contribution in [0.15, 0.2) is 81.7 Å². The van der Waals surface area contributed by atoms with E-state index in [4.69, 9.17) is 35.3 Å². The van der Waals surface area contributed by atoms with Crippen LogP contribution in [0.2, 0.25) is 5.02 Å². The molecule has 0 saturated heterocycles. The fraction of sp³-hybridized carbons (Fsp3) is 0.286. The summed E-state index contributed by atoms with van der Waals surface area (Å²) in [7, 11) is 1.56. The minimum absolute atomic E-state index is 0.181. The molecule has 0 spiro atoms. The lowest BCUT2D eigenvalue weighted by Crippen LogP contribution is -2.40. The molecule has 3 aromatic carbocycles. The molecule has 1 aliphatic heterocycles. The number of halogens is 1. The van der Waals surface area contributed by atoms with Gasteiger partial charge in [-0.1, -0.05) is 53.3 Å². The summed E-state index contributed by atoms with van der Waals surface area (Å²) in [6.07, 6.45) is 1.77. The van der Waals surface area contributed by atoms with Crippen molar-refractivity contribution in [3.05, 3.63) is 113 Å². The number of ether oxygens (including phenoxy) is 5. The highest BCUT2D eigenvalue weighted by atomic mass is 35.5. The second-order valence-corrected chi connectivity index (χ2v) is 11.6. The Kier molecular flexibility index (Phi) is 10.5. The molecule has 0 bridgehead atoms. The van der Waals surface area contributed by atoms with Gasteiger partial charge in [0.25, 0.3) is 5.56 Å². The molecule has 0 radical (unpaired) electrons. The number of aromatic nitrogens is 1. The highest BCUT2D eigenvalue weighted by Gasteiger charge is 2.34. The number of fused-ring (bicyclic) bond motifs is 1. The maximum atomic E-state index is 14.1. The van der Waals surface area contributed by atoms with Crippen molar-refractivity contribution >= 4 is 35.0 Å². The summed E-state index contributed by atoms with van der Waals surface area (Å²) in [5, 5.41) is 0.618. The van der Waals surface area contributed by atoms with E-state index < -0.39 is 12.0 Å². The molecule has 1 atom stereocenters. The quantitative estimate of drug-likeness (QED) is 0.176. The summed E-state index contributed by atoms with van der Waals surface area (Å²) in [4.78, 5) is 32.6. The van der Waals surface area contributed by atoms with Gasteiger partial charge in [0.1, 0.15) is 6.61 Å². The third-order valence-corrected chi connectivity index (χ3v) is 8.58. The zero-order valence-electron chi connectivity index (χ0n) is 26.3. The molecule has 11 heteroatoms. The molecule has 4 aromatic rings. The molecule has 0 N–H and O–H groups in total. The largest absolute Gasteiger partial charge is 0.493 e. The highest BCUT2D eigenvalue weighted by molar-refractivity contribution is 7.07. The highest BCUT2D eigenvalue weighted by Crippen LogP contribution is 2.36. The average molecular weight is 663 g/mol. The smallest absolute Gasteiger partial charge is 0.338 e. The van der Waals surface area contributed by atoms with Crippen LogP contribution in [0.5, 0.6) is 23.0 Å². The summed E-state index contributed by atoms with van der Waals surface area (Å²) in [5.74, 6) is 1.60. The monoisotopic (exact) mass is 662 g/mol. The van der Waals surface area contributed by atoms with Crippen molar-refractivity contribution < 1.29 is 28.5 Å². The van der Waals surface area contributed by atoms with Gasteiger partial charge < -0.3 is 23.7 Å². The molecular weight excluding hydrogens is 628 g/mol. The van der Waals surface area contributed by atoms with E-state index in [2.05, 4.69) is 4.99 Å². The molecule has 5 rings (SSSR count). The first-order valence-electron chi connectivity index (χ1n) is 14.9. The molecule has 0 aliphatic carbocycles. The first-order chi connectivity index (χ1) is 22.3. The van der Waals surface area contributed by atoms with Gasteiger partial charge in [-0.25, -0.2) is 9.79 Å². The fourth-order valence-corrected chi connectivity index (χ4v) is 6.40. The Balaban J connectivity index is 1.58. The Labute approximate surface area is 275 Å². The van der Waals surface area contributed by atoms with Crippen LogP contribution in [0.25, 0.3) is 6.08 Å². The minimum Gasteiger partial charge on any atom is -0.493 e. The van der Waals surface area contributed by atoms with Crippen LogP contribution in [-0.2, 0) is 16.1 Å². The Hall–Kier alpha value is -4.54. The molecule has 0 fully saturated rings. The Morgan fingerprint density at radius 3 is 2.37 bits per heavy atom.